The van der Waals surface area contributed by atoms with Crippen LogP contribution in [0.1, 0.15) is 5.56 Å². The predicted molar refractivity (Wildman–Crippen MR) is 73.0 cm³/mol. The van der Waals surface area contributed by atoms with E-state index in [-0.39, 0.29) is 12.5 Å². The SMILES string of the molecule is Cc1cnn(CC(=O)Nc2ccc3c(c2)OCCO3)c1. The number of rotatable bonds is 3. The van der Waals surface area contributed by atoms with Crippen molar-refractivity contribution in [3.63, 3.8) is 0 Å². The van der Waals surface area contributed by atoms with Crippen molar-refractivity contribution in [2.24, 2.45) is 0 Å². The molecular formula is C14H15N3O3. The molecule has 0 saturated carbocycles. The molecule has 1 aliphatic heterocycles. The van der Waals surface area contributed by atoms with E-state index in [1.807, 2.05) is 13.1 Å². The molecule has 2 aromatic rings. The number of hydrogen-bond acceptors (Lipinski definition) is 4. The Hall–Kier alpha value is -2.50. The van der Waals surface area contributed by atoms with Gasteiger partial charge in [-0.15, -0.1) is 0 Å². The Bertz CT molecular complexity index is 636. The topological polar surface area (TPSA) is 65.4 Å². The maximum Gasteiger partial charge on any atom is 0.246 e. The van der Waals surface area contributed by atoms with Gasteiger partial charge >= 0.3 is 0 Å². The molecular weight excluding hydrogens is 258 g/mol. The van der Waals surface area contributed by atoms with Gasteiger partial charge < -0.3 is 14.8 Å². The van der Waals surface area contributed by atoms with Crippen LogP contribution in [0.2, 0.25) is 0 Å². The Morgan fingerprint density at radius 1 is 1.35 bits per heavy atom. The second-order valence-electron chi connectivity index (χ2n) is 4.62. The largest absolute Gasteiger partial charge is 0.486 e. The van der Waals surface area contributed by atoms with E-state index in [1.165, 1.54) is 0 Å². The zero-order valence-electron chi connectivity index (χ0n) is 11.1. The summed E-state index contributed by atoms with van der Waals surface area (Å²) < 4.78 is 12.5. The highest BCUT2D eigenvalue weighted by Gasteiger charge is 2.13. The van der Waals surface area contributed by atoms with Crippen molar-refractivity contribution in [3.8, 4) is 11.5 Å². The van der Waals surface area contributed by atoms with E-state index < -0.39 is 0 Å². The van der Waals surface area contributed by atoms with Crippen LogP contribution in [-0.2, 0) is 11.3 Å². The van der Waals surface area contributed by atoms with E-state index in [0.29, 0.717) is 30.4 Å². The van der Waals surface area contributed by atoms with E-state index >= 15 is 0 Å². The third-order valence-electron chi connectivity index (χ3n) is 2.89. The zero-order chi connectivity index (χ0) is 13.9. The first-order valence-electron chi connectivity index (χ1n) is 6.39. The van der Waals surface area contributed by atoms with E-state index in [4.69, 9.17) is 9.47 Å². The summed E-state index contributed by atoms with van der Waals surface area (Å²) in [7, 11) is 0. The molecule has 1 N–H and O–H groups in total. The maximum atomic E-state index is 11.9. The molecule has 20 heavy (non-hydrogen) atoms. The van der Waals surface area contributed by atoms with Gasteiger partial charge in [-0.3, -0.25) is 9.48 Å². The van der Waals surface area contributed by atoms with Crippen LogP contribution in [0.15, 0.2) is 30.6 Å². The Labute approximate surface area is 116 Å². The van der Waals surface area contributed by atoms with Gasteiger partial charge in [-0.1, -0.05) is 0 Å². The molecule has 1 aromatic carbocycles. The molecule has 1 aliphatic rings. The number of carbonyl (C=O) groups is 1. The average Bonchev–Trinajstić information content (AvgIpc) is 2.83. The van der Waals surface area contributed by atoms with Crippen LogP contribution in [0.25, 0.3) is 0 Å². The van der Waals surface area contributed by atoms with E-state index in [0.717, 1.165) is 5.56 Å². The third kappa shape index (κ3) is 2.74. The number of nitrogens with zero attached hydrogens (tertiary/aromatic N) is 2. The van der Waals surface area contributed by atoms with Crippen LogP contribution in [0.5, 0.6) is 11.5 Å². The second kappa shape index (κ2) is 5.24. The fourth-order valence-corrected chi connectivity index (χ4v) is 2.02. The van der Waals surface area contributed by atoms with Crippen molar-refractivity contribution in [2.75, 3.05) is 18.5 Å². The molecule has 0 radical (unpaired) electrons. The van der Waals surface area contributed by atoms with E-state index in [1.54, 1.807) is 29.1 Å². The summed E-state index contributed by atoms with van der Waals surface area (Å²) >= 11 is 0. The summed E-state index contributed by atoms with van der Waals surface area (Å²) in [6, 6.07) is 5.35. The quantitative estimate of drug-likeness (QED) is 0.922. The molecule has 6 nitrogen and oxygen atoms in total. The lowest BCUT2D eigenvalue weighted by molar-refractivity contribution is -0.116. The molecule has 0 spiro atoms. The molecule has 0 fully saturated rings. The van der Waals surface area contributed by atoms with Crippen molar-refractivity contribution >= 4 is 11.6 Å². The van der Waals surface area contributed by atoms with Gasteiger partial charge in [0.05, 0.1) is 6.20 Å². The van der Waals surface area contributed by atoms with Crippen molar-refractivity contribution in [1.29, 1.82) is 0 Å². The number of nitrogens with one attached hydrogen (secondary N) is 1. The van der Waals surface area contributed by atoms with E-state index in [9.17, 15) is 4.79 Å². The zero-order valence-corrected chi connectivity index (χ0v) is 11.1. The average molecular weight is 273 g/mol. The van der Waals surface area contributed by atoms with Gasteiger partial charge in [-0.2, -0.15) is 5.10 Å². The number of amides is 1. The fourth-order valence-electron chi connectivity index (χ4n) is 2.02. The monoisotopic (exact) mass is 273 g/mol. The Morgan fingerprint density at radius 3 is 2.90 bits per heavy atom. The minimum atomic E-state index is -0.134. The standard InChI is InChI=1S/C14H15N3O3/c1-10-7-15-17(8-10)9-14(18)16-11-2-3-12-13(6-11)20-5-4-19-12/h2-3,6-8H,4-5,9H2,1H3,(H,16,18). The predicted octanol–water partition coefficient (Wildman–Crippen LogP) is 1.60. The smallest absolute Gasteiger partial charge is 0.246 e. The fraction of sp³-hybridized carbons (Fsp3) is 0.286. The van der Waals surface area contributed by atoms with Crippen molar-refractivity contribution < 1.29 is 14.3 Å². The molecule has 0 aliphatic carbocycles. The molecule has 3 rings (SSSR count). The number of benzene rings is 1. The van der Waals surface area contributed by atoms with Gasteiger partial charge in [0.1, 0.15) is 19.8 Å². The van der Waals surface area contributed by atoms with Crippen molar-refractivity contribution in [3.05, 3.63) is 36.2 Å². The summed E-state index contributed by atoms with van der Waals surface area (Å²) in [6.45, 7) is 3.19. The lowest BCUT2D eigenvalue weighted by atomic mass is 10.2. The number of aromatic nitrogens is 2. The molecule has 0 atom stereocenters. The number of fused-ring (bicyclic) bond motifs is 1. The first-order valence-corrected chi connectivity index (χ1v) is 6.39. The number of aryl methyl sites for hydroxylation is 1. The van der Waals surface area contributed by atoms with Gasteiger partial charge in [-0.25, -0.2) is 0 Å². The Balaban J connectivity index is 1.66. The molecule has 1 amide bonds. The van der Waals surface area contributed by atoms with Crippen LogP contribution in [0.3, 0.4) is 0 Å². The molecule has 0 unspecified atom stereocenters. The third-order valence-corrected chi connectivity index (χ3v) is 2.89. The lowest BCUT2D eigenvalue weighted by Crippen LogP contribution is -2.19. The summed E-state index contributed by atoms with van der Waals surface area (Å²) in [5.41, 5.74) is 1.71. The minimum absolute atomic E-state index is 0.134. The van der Waals surface area contributed by atoms with Gasteiger partial charge in [0.25, 0.3) is 0 Å². The lowest BCUT2D eigenvalue weighted by Gasteiger charge is -2.19. The number of hydrogen-bond donors (Lipinski definition) is 1. The van der Waals surface area contributed by atoms with Crippen molar-refractivity contribution in [1.82, 2.24) is 9.78 Å². The molecule has 2 heterocycles. The summed E-state index contributed by atoms with van der Waals surface area (Å²) in [5, 5.41) is 6.89. The molecule has 0 bridgehead atoms. The first-order chi connectivity index (χ1) is 9.70. The minimum Gasteiger partial charge on any atom is -0.486 e. The molecule has 0 saturated heterocycles. The Morgan fingerprint density at radius 2 is 2.15 bits per heavy atom. The number of ether oxygens (including phenoxy) is 2. The summed E-state index contributed by atoms with van der Waals surface area (Å²) in [4.78, 5) is 11.9. The van der Waals surface area contributed by atoms with Crippen molar-refractivity contribution in [2.45, 2.75) is 13.5 Å². The highest BCUT2D eigenvalue weighted by molar-refractivity contribution is 5.90. The maximum absolute atomic E-state index is 11.9. The van der Waals surface area contributed by atoms with Crippen LogP contribution in [-0.4, -0.2) is 28.9 Å². The number of carbonyl (C=O) groups excluding carboxylic acids is 1. The Kier molecular flexibility index (Phi) is 3.28. The normalized spacial score (nSPS) is 13.1. The summed E-state index contributed by atoms with van der Waals surface area (Å²) in [5.74, 6) is 1.23. The van der Waals surface area contributed by atoms with Gasteiger partial charge in [0.15, 0.2) is 11.5 Å². The number of anilines is 1. The molecule has 6 heteroatoms. The van der Waals surface area contributed by atoms with Gasteiger partial charge in [0.2, 0.25) is 5.91 Å². The highest BCUT2D eigenvalue weighted by atomic mass is 16.6. The van der Waals surface area contributed by atoms with E-state index in [2.05, 4.69) is 10.4 Å². The highest BCUT2D eigenvalue weighted by Crippen LogP contribution is 2.32. The first kappa shape index (κ1) is 12.5. The van der Waals surface area contributed by atoms with Gasteiger partial charge in [0, 0.05) is 18.0 Å². The molecule has 104 valence electrons. The van der Waals surface area contributed by atoms with Gasteiger partial charge in [-0.05, 0) is 24.6 Å². The summed E-state index contributed by atoms with van der Waals surface area (Å²) in [6.07, 6.45) is 3.54. The van der Waals surface area contributed by atoms with Crippen LogP contribution < -0.4 is 14.8 Å². The van der Waals surface area contributed by atoms with Crippen LogP contribution in [0, 0.1) is 6.92 Å². The second-order valence-corrected chi connectivity index (χ2v) is 4.62. The van der Waals surface area contributed by atoms with Crippen LogP contribution >= 0.6 is 0 Å². The molecule has 1 aromatic heterocycles. The van der Waals surface area contributed by atoms with Crippen LogP contribution in [0.4, 0.5) is 5.69 Å².